The van der Waals surface area contributed by atoms with E-state index < -0.39 is 5.91 Å². The molecule has 0 aliphatic carbocycles. The molecule has 4 nitrogen and oxygen atoms in total. The normalized spacial score (nSPS) is 11.0. The van der Waals surface area contributed by atoms with E-state index in [9.17, 15) is 19.6 Å². The van der Waals surface area contributed by atoms with Crippen molar-refractivity contribution in [3.8, 4) is 11.8 Å². The predicted octanol–water partition coefficient (Wildman–Crippen LogP) is 5.43. The summed E-state index contributed by atoms with van der Waals surface area (Å²) in [5.41, 5.74) is 2.90. The van der Waals surface area contributed by atoms with Crippen LogP contribution in [0, 0.1) is 17.1 Å². The summed E-state index contributed by atoms with van der Waals surface area (Å²) in [6.07, 6.45) is 2.04. The van der Waals surface area contributed by atoms with Crippen LogP contribution in [0.1, 0.15) is 16.7 Å². The van der Waals surface area contributed by atoms with Gasteiger partial charge in [0.2, 0.25) is 0 Å². The van der Waals surface area contributed by atoms with Crippen molar-refractivity contribution in [2.24, 2.45) is 0 Å². The Morgan fingerprint density at radius 3 is 2.55 bits per heavy atom. The molecular weight excluding hydrogens is 435 g/mol. The van der Waals surface area contributed by atoms with Crippen LogP contribution in [0.4, 0.5) is 10.1 Å². The van der Waals surface area contributed by atoms with Gasteiger partial charge in [-0.25, -0.2) is 4.39 Å². The number of carbonyl (C=O) groups excluding carboxylic acids is 1. The largest absolute Gasteiger partial charge is 0.508 e. The van der Waals surface area contributed by atoms with Crippen LogP contribution < -0.4 is 5.32 Å². The molecule has 3 aromatic carbocycles. The van der Waals surface area contributed by atoms with Gasteiger partial charge in [0.05, 0.1) is 0 Å². The number of hydrogen-bond donors (Lipinski definition) is 2. The number of anilines is 1. The minimum absolute atomic E-state index is 0.0529. The van der Waals surface area contributed by atoms with E-state index in [1.807, 2.05) is 18.2 Å². The van der Waals surface area contributed by atoms with E-state index in [1.54, 1.807) is 30.3 Å². The third-order valence-electron chi connectivity index (χ3n) is 4.16. The van der Waals surface area contributed by atoms with Gasteiger partial charge in [-0.15, -0.1) is 0 Å². The third kappa shape index (κ3) is 5.53. The highest BCUT2D eigenvalue weighted by atomic mass is 79.9. The fraction of sp³-hybridized carbons (Fsp3) is 0.0435. The quantitative estimate of drug-likeness (QED) is 0.309. The Hall–Kier alpha value is -3.43. The highest BCUT2D eigenvalue weighted by molar-refractivity contribution is 9.10. The number of halogens is 2. The van der Waals surface area contributed by atoms with Crippen LogP contribution in [0.3, 0.4) is 0 Å². The van der Waals surface area contributed by atoms with Gasteiger partial charge >= 0.3 is 0 Å². The molecule has 6 heteroatoms. The number of nitrogens with zero attached hydrogens (tertiary/aromatic N) is 1. The van der Waals surface area contributed by atoms with E-state index in [4.69, 9.17) is 0 Å². The molecular formula is C23H16BrFN2O2. The lowest BCUT2D eigenvalue weighted by molar-refractivity contribution is -0.112. The maximum absolute atomic E-state index is 13.4. The molecule has 0 aromatic heterocycles. The average Bonchev–Trinajstić information content (AvgIpc) is 2.70. The molecule has 0 spiro atoms. The van der Waals surface area contributed by atoms with E-state index in [2.05, 4.69) is 21.2 Å². The van der Waals surface area contributed by atoms with E-state index in [1.165, 1.54) is 30.3 Å². The Balaban J connectivity index is 1.77. The molecule has 0 radical (unpaired) electrons. The summed E-state index contributed by atoms with van der Waals surface area (Å²) in [6.45, 7) is 0. The van der Waals surface area contributed by atoms with Crippen molar-refractivity contribution >= 4 is 33.6 Å². The zero-order valence-electron chi connectivity index (χ0n) is 15.2. The van der Waals surface area contributed by atoms with Crippen molar-refractivity contribution in [3.05, 3.63) is 99.3 Å². The van der Waals surface area contributed by atoms with Crippen LogP contribution >= 0.6 is 15.9 Å². The zero-order valence-corrected chi connectivity index (χ0v) is 16.8. The minimum atomic E-state index is -0.543. The lowest BCUT2D eigenvalue weighted by Gasteiger charge is -2.07. The molecule has 0 aliphatic rings. The first-order valence-corrected chi connectivity index (χ1v) is 9.49. The second-order valence-electron chi connectivity index (χ2n) is 6.33. The molecule has 0 saturated heterocycles. The number of amides is 1. The smallest absolute Gasteiger partial charge is 0.266 e. The molecule has 1 amide bonds. The first-order chi connectivity index (χ1) is 13.9. The fourth-order valence-corrected chi connectivity index (χ4v) is 3.26. The highest BCUT2D eigenvalue weighted by Gasteiger charge is 2.10. The van der Waals surface area contributed by atoms with Crippen LogP contribution in [0.2, 0.25) is 0 Å². The lowest BCUT2D eigenvalue weighted by Crippen LogP contribution is -2.13. The van der Waals surface area contributed by atoms with Crippen molar-refractivity contribution < 1.29 is 14.3 Å². The van der Waals surface area contributed by atoms with Crippen LogP contribution in [-0.2, 0) is 11.2 Å². The SMILES string of the molecule is N#C/C(=C\c1ccc(Cc2cccc(F)c2)c(Br)c1)C(=O)Nc1ccc(O)cc1. The van der Waals surface area contributed by atoms with Gasteiger partial charge in [-0.2, -0.15) is 5.26 Å². The molecule has 3 rings (SSSR count). The third-order valence-corrected chi connectivity index (χ3v) is 4.90. The summed E-state index contributed by atoms with van der Waals surface area (Å²) in [5, 5.41) is 21.3. The van der Waals surface area contributed by atoms with Gasteiger partial charge in [-0.05, 0) is 71.7 Å². The first-order valence-electron chi connectivity index (χ1n) is 8.69. The second kappa shape index (κ2) is 9.18. The maximum Gasteiger partial charge on any atom is 0.266 e. The minimum Gasteiger partial charge on any atom is -0.508 e. The Labute approximate surface area is 176 Å². The number of aromatic hydroxyl groups is 1. The van der Waals surface area contributed by atoms with Gasteiger partial charge < -0.3 is 10.4 Å². The Kier molecular flexibility index (Phi) is 6.43. The molecule has 0 aliphatic heterocycles. The molecule has 0 bridgehead atoms. The summed E-state index contributed by atoms with van der Waals surface area (Å²) in [4.78, 5) is 12.3. The Morgan fingerprint density at radius 1 is 1.14 bits per heavy atom. The molecule has 29 heavy (non-hydrogen) atoms. The monoisotopic (exact) mass is 450 g/mol. The van der Waals surface area contributed by atoms with E-state index in [0.29, 0.717) is 17.7 Å². The van der Waals surface area contributed by atoms with Crippen molar-refractivity contribution in [1.29, 1.82) is 5.26 Å². The van der Waals surface area contributed by atoms with E-state index >= 15 is 0 Å². The molecule has 2 N–H and O–H groups in total. The number of nitriles is 1. The van der Waals surface area contributed by atoms with Crippen LogP contribution in [-0.4, -0.2) is 11.0 Å². The van der Waals surface area contributed by atoms with Crippen molar-refractivity contribution in [2.75, 3.05) is 5.32 Å². The number of phenols is 1. The molecule has 3 aromatic rings. The summed E-state index contributed by atoms with van der Waals surface area (Å²) in [5.74, 6) is -0.739. The standard InChI is InChI=1S/C23H16BrFN2O2/c24-22-13-16(4-5-17(22)10-15-2-1-3-19(25)12-15)11-18(14-26)23(29)27-20-6-8-21(28)9-7-20/h1-9,11-13,28H,10H2,(H,27,29)/b18-11+. The summed E-state index contributed by atoms with van der Waals surface area (Å²) in [6, 6.07) is 19.8. The Morgan fingerprint density at radius 2 is 1.90 bits per heavy atom. The number of benzene rings is 3. The van der Waals surface area contributed by atoms with Crippen LogP contribution in [0.5, 0.6) is 5.75 Å². The van der Waals surface area contributed by atoms with E-state index in [-0.39, 0.29) is 17.1 Å². The second-order valence-corrected chi connectivity index (χ2v) is 7.18. The van der Waals surface area contributed by atoms with Crippen LogP contribution in [0.15, 0.2) is 76.8 Å². The van der Waals surface area contributed by atoms with Crippen molar-refractivity contribution in [1.82, 2.24) is 0 Å². The predicted molar refractivity (Wildman–Crippen MR) is 114 cm³/mol. The van der Waals surface area contributed by atoms with Crippen molar-refractivity contribution in [3.63, 3.8) is 0 Å². The fourth-order valence-electron chi connectivity index (χ4n) is 2.72. The maximum atomic E-state index is 13.4. The molecule has 0 saturated carbocycles. The summed E-state index contributed by atoms with van der Waals surface area (Å²) < 4.78 is 14.2. The number of nitrogens with one attached hydrogen (secondary N) is 1. The highest BCUT2D eigenvalue weighted by Crippen LogP contribution is 2.23. The van der Waals surface area contributed by atoms with Gasteiger partial charge in [0.25, 0.3) is 5.91 Å². The molecule has 144 valence electrons. The summed E-state index contributed by atoms with van der Waals surface area (Å²) >= 11 is 3.50. The van der Waals surface area contributed by atoms with Gasteiger partial charge in [-0.3, -0.25) is 4.79 Å². The number of carbonyl (C=O) groups is 1. The molecule has 0 unspecified atom stereocenters. The Bertz CT molecular complexity index is 1120. The first kappa shape index (κ1) is 20.3. The zero-order chi connectivity index (χ0) is 20.8. The molecule has 0 heterocycles. The average molecular weight is 451 g/mol. The number of phenolic OH excluding ortho intramolecular Hbond substituents is 1. The van der Waals surface area contributed by atoms with E-state index in [0.717, 1.165) is 15.6 Å². The summed E-state index contributed by atoms with van der Waals surface area (Å²) in [7, 11) is 0. The number of hydrogen-bond acceptors (Lipinski definition) is 3. The van der Waals surface area contributed by atoms with Gasteiger partial charge in [0.1, 0.15) is 23.2 Å². The van der Waals surface area contributed by atoms with Gasteiger partial charge in [-0.1, -0.05) is 40.2 Å². The van der Waals surface area contributed by atoms with Crippen molar-refractivity contribution in [2.45, 2.75) is 6.42 Å². The molecule has 0 fully saturated rings. The topological polar surface area (TPSA) is 73.1 Å². The molecule has 0 atom stereocenters. The van der Waals surface area contributed by atoms with Gasteiger partial charge in [0, 0.05) is 10.2 Å². The lowest BCUT2D eigenvalue weighted by atomic mass is 10.0. The number of rotatable bonds is 5. The van der Waals surface area contributed by atoms with Gasteiger partial charge in [0.15, 0.2) is 0 Å². The van der Waals surface area contributed by atoms with Crippen LogP contribution in [0.25, 0.3) is 6.08 Å².